The summed E-state index contributed by atoms with van der Waals surface area (Å²) in [5.41, 5.74) is 2.45. The number of carbonyl (C=O) groups excluding carboxylic acids is 2. The van der Waals surface area contributed by atoms with Crippen LogP contribution in [0.5, 0.6) is 0 Å². The fourth-order valence-corrected chi connectivity index (χ4v) is 3.58. The van der Waals surface area contributed by atoms with E-state index in [9.17, 15) is 9.59 Å². The number of carbonyl (C=O) groups is 2. The number of thiocarbonyl (C=S) groups is 1. The van der Waals surface area contributed by atoms with Crippen LogP contribution in [0.2, 0.25) is 0 Å². The molecule has 4 nitrogen and oxygen atoms in total. The summed E-state index contributed by atoms with van der Waals surface area (Å²) in [6, 6.07) is 16.8. The zero-order valence-corrected chi connectivity index (χ0v) is 15.8. The monoisotopic (exact) mass is 383 g/mol. The van der Waals surface area contributed by atoms with Crippen LogP contribution in [0.3, 0.4) is 0 Å². The maximum atomic E-state index is 12.1. The summed E-state index contributed by atoms with van der Waals surface area (Å²) in [5.74, 6) is -0.461. The first kappa shape index (κ1) is 18.4. The van der Waals surface area contributed by atoms with E-state index >= 15 is 0 Å². The zero-order chi connectivity index (χ0) is 18.5. The van der Waals surface area contributed by atoms with Gasteiger partial charge in [-0.2, -0.15) is 0 Å². The molecule has 0 N–H and O–H groups in total. The standard InChI is InChI=1S/C20H17NO3S2/c1-21-18(22)17(26-20(21)25)13-15-7-9-16(10-8-15)19(23)24-12-11-14-5-3-2-4-6-14/h2-10,13H,11-12H2,1H3. The molecular weight excluding hydrogens is 366 g/mol. The predicted octanol–water partition coefficient (Wildman–Crippen LogP) is 3.92. The van der Waals surface area contributed by atoms with Gasteiger partial charge in [-0.25, -0.2) is 4.79 Å². The van der Waals surface area contributed by atoms with Crippen molar-refractivity contribution in [3.63, 3.8) is 0 Å². The summed E-state index contributed by atoms with van der Waals surface area (Å²) in [6.45, 7) is 0.337. The molecule has 1 aliphatic rings. The molecule has 6 heteroatoms. The van der Waals surface area contributed by atoms with Gasteiger partial charge in [-0.05, 0) is 29.3 Å². The highest BCUT2D eigenvalue weighted by molar-refractivity contribution is 8.26. The molecule has 2 aromatic carbocycles. The van der Waals surface area contributed by atoms with E-state index in [0.29, 0.717) is 27.8 Å². The lowest BCUT2D eigenvalue weighted by atomic mass is 10.1. The minimum absolute atomic E-state index is 0.107. The van der Waals surface area contributed by atoms with E-state index in [4.69, 9.17) is 17.0 Å². The Bertz CT molecular complexity index is 860. The van der Waals surface area contributed by atoms with Gasteiger partial charge in [0, 0.05) is 13.5 Å². The maximum absolute atomic E-state index is 12.1. The molecule has 132 valence electrons. The number of rotatable bonds is 5. The van der Waals surface area contributed by atoms with Gasteiger partial charge in [-0.15, -0.1) is 0 Å². The Kier molecular flexibility index (Phi) is 5.85. The van der Waals surface area contributed by atoms with Crippen LogP contribution in [0.1, 0.15) is 21.5 Å². The fourth-order valence-electron chi connectivity index (χ4n) is 2.40. The van der Waals surface area contributed by atoms with E-state index in [-0.39, 0.29) is 11.9 Å². The van der Waals surface area contributed by atoms with Crippen molar-refractivity contribution in [2.24, 2.45) is 0 Å². The lowest BCUT2D eigenvalue weighted by Gasteiger charge is -2.05. The van der Waals surface area contributed by atoms with E-state index in [2.05, 4.69) is 0 Å². The van der Waals surface area contributed by atoms with Crippen LogP contribution in [0.15, 0.2) is 59.5 Å². The van der Waals surface area contributed by atoms with Crippen molar-refractivity contribution < 1.29 is 14.3 Å². The van der Waals surface area contributed by atoms with Gasteiger partial charge in [0.2, 0.25) is 0 Å². The average Bonchev–Trinajstić information content (AvgIpc) is 2.90. The fraction of sp³-hybridized carbons (Fsp3) is 0.150. The van der Waals surface area contributed by atoms with Gasteiger partial charge in [0.15, 0.2) is 0 Å². The topological polar surface area (TPSA) is 46.6 Å². The molecule has 0 aliphatic carbocycles. The van der Waals surface area contributed by atoms with Crippen molar-refractivity contribution >= 4 is 46.3 Å². The summed E-state index contributed by atoms with van der Waals surface area (Å²) < 4.78 is 5.86. The Morgan fingerprint density at radius 3 is 2.46 bits per heavy atom. The predicted molar refractivity (Wildman–Crippen MR) is 108 cm³/mol. The van der Waals surface area contributed by atoms with Crippen molar-refractivity contribution in [1.29, 1.82) is 0 Å². The van der Waals surface area contributed by atoms with Crippen molar-refractivity contribution in [2.75, 3.05) is 13.7 Å². The molecule has 1 aliphatic heterocycles. The highest BCUT2D eigenvalue weighted by atomic mass is 32.2. The Labute approximate surface area is 161 Å². The first-order valence-corrected chi connectivity index (χ1v) is 9.30. The number of hydrogen-bond donors (Lipinski definition) is 0. The molecule has 0 aromatic heterocycles. The smallest absolute Gasteiger partial charge is 0.338 e. The highest BCUT2D eigenvalue weighted by Gasteiger charge is 2.28. The average molecular weight is 383 g/mol. The van der Waals surface area contributed by atoms with Gasteiger partial charge < -0.3 is 4.74 Å². The van der Waals surface area contributed by atoms with Gasteiger partial charge in [0.25, 0.3) is 5.91 Å². The highest BCUT2D eigenvalue weighted by Crippen LogP contribution is 2.31. The summed E-state index contributed by atoms with van der Waals surface area (Å²) in [7, 11) is 1.66. The first-order valence-electron chi connectivity index (χ1n) is 8.07. The lowest BCUT2D eigenvalue weighted by molar-refractivity contribution is -0.121. The van der Waals surface area contributed by atoms with Gasteiger partial charge in [0.1, 0.15) is 4.32 Å². The molecule has 0 atom stereocenters. The minimum Gasteiger partial charge on any atom is -0.462 e. The van der Waals surface area contributed by atoms with Crippen molar-refractivity contribution in [1.82, 2.24) is 4.90 Å². The van der Waals surface area contributed by atoms with Crippen LogP contribution in [0, 0.1) is 0 Å². The molecule has 0 saturated carbocycles. The number of esters is 1. The molecule has 3 rings (SSSR count). The number of hydrogen-bond acceptors (Lipinski definition) is 5. The lowest BCUT2D eigenvalue weighted by Crippen LogP contribution is -2.22. The quantitative estimate of drug-likeness (QED) is 0.445. The molecule has 1 fully saturated rings. The van der Waals surface area contributed by atoms with Gasteiger partial charge >= 0.3 is 5.97 Å². The second-order valence-electron chi connectivity index (χ2n) is 5.73. The molecule has 0 unspecified atom stereocenters. The van der Waals surface area contributed by atoms with Gasteiger partial charge in [-0.1, -0.05) is 66.4 Å². The molecule has 26 heavy (non-hydrogen) atoms. The van der Waals surface area contributed by atoms with E-state index in [1.54, 1.807) is 37.4 Å². The zero-order valence-electron chi connectivity index (χ0n) is 14.2. The van der Waals surface area contributed by atoms with Crippen LogP contribution < -0.4 is 0 Å². The molecule has 2 aromatic rings. The summed E-state index contributed by atoms with van der Waals surface area (Å²) in [4.78, 5) is 26.1. The third kappa shape index (κ3) is 4.39. The summed E-state index contributed by atoms with van der Waals surface area (Å²) in [6.07, 6.45) is 2.46. The number of thioether (sulfide) groups is 1. The second kappa shape index (κ2) is 8.29. The van der Waals surface area contributed by atoms with Crippen molar-refractivity contribution in [3.8, 4) is 0 Å². The minimum atomic E-state index is -0.354. The number of nitrogens with zero attached hydrogens (tertiary/aromatic N) is 1. The Hall–Kier alpha value is -2.44. The van der Waals surface area contributed by atoms with E-state index in [1.165, 1.54) is 16.7 Å². The molecule has 0 spiro atoms. The Morgan fingerprint density at radius 2 is 1.85 bits per heavy atom. The van der Waals surface area contributed by atoms with Crippen molar-refractivity contribution in [2.45, 2.75) is 6.42 Å². The van der Waals surface area contributed by atoms with Crippen LogP contribution in [0.4, 0.5) is 0 Å². The third-order valence-electron chi connectivity index (χ3n) is 3.90. The number of amides is 1. The van der Waals surface area contributed by atoms with E-state index in [1.807, 2.05) is 30.3 Å². The van der Waals surface area contributed by atoms with Crippen LogP contribution in [-0.4, -0.2) is 34.8 Å². The van der Waals surface area contributed by atoms with Crippen molar-refractivity contribution in [3.05, 3.63) is 76.2 Å². The Morgan fingerprint density at radius 1 is 1.15 bits per heavy atom. The van der Waals surface area contributed by atoms with Gasteiger partial charge in [-0.3, -0.25) is 9.69 Å². The molecule has 1 saturated heterocycles. The number of likely N-dealkylation sites (N-methyl/N-ethyl adjacent to an activating group) is 1. The number of benzene rings is 2. The summed E-state index contributed by atoms with van der Waals surface area (Å²) >= 11 is 6.38. The normalized spacial score (nSPS) is 15.6. The molecule has 1 amide bonds. The van der Waals surface area contributed by atoms with Crippen LogP contribution >= 0.6 is 24.0 Å². The Balaban J connectivity index is 1.58. The third-order valence-corrected chi connectivity index (χ3v) is 5.38. The van der Waals surface area contributed by atoms with Crippen LogP contribution in [-0.2, 0) is 16.0 Å². The second-order valence-corrected chi connectivity index (χ2v) is 7.41. The van der Waals surface area contributed by atoms with E-state index in [0.717, 1.165) is 11.1 Å². The van der Waals surface area contributed by atoms with E-state index < -0.39 is 0 Å². The largest absolute Gasteiger partial charge is 0.462 e. The number of ether oxygens (including phenoxy) is 1. The SMILES string of the molecule is CN1C(=O)C(=Cc2ccc(C(=O)OCCc3ccccc3)cc2)SC1=S. The molecular formula is C20H17NO3S2. The first-order chi connectivity index (χ1) is 12.5. The maximum Gasteiger partial charge on any atom is 0.338 e. The van der Waals surface area contributed by atoms with Crippen LogP contribution in [0.25, 0.3) is 6.08 Å². The van der Waals surface area contributed by atoms with Gasteiger partial charge in [0.05, 0.1) is 17.1 Å². The summed E-state index contributed by atoms with van der Waals surface area (Å²) in [5, 5.41) is 0. The molecule has 0 bridgehead atoms. The molecule has 0 radical (unpaired) electrons. The molecule has 1 heterocycles.